The van der Waals surface area contributed by atoms with Crippen LogP contribution in [-0.4, -0.2) is 28.7 Å². The second-order valence-electron chi connectivity index (χ2n) is 5.13. The lowest BCUT2D eigenvalue weighted by Gasteiger charge is -2.12. The van der Waals surface area contributed by atoms with Crippen molar-refractivity contribution in [2.75, 3.05) is 6.61 Å². The van der Waals surface area contributed by atoms with E-state index in [1.54, 1.807) is 0 Å². The summed E-state index contributed by atoms with van der Waals surface area (Å²) in [6, 6.07) is 2.23. The average Bonchev–Trinajstić information content (AvgIpc) is 2.80. The summed E-state index contributed by atoms with van der Waals surface area (Å²) >= 11 is 0. The van der Waals surface area contributed by atoms with Gasteiger partial charge in [0, 0.05) is 36.9 Å². The van der Waals surface area contributed by atoms with E-state index in [0.717, 1.165) is 55.9 Å². The molecule has 4 heteroatoms. The van der Waals surface area contributed by atoms with Crippen molar-refractivity contribution < 1.29 is 4.74 Å². The molecule has 0 radical (unpaired) electrons. The van der Waals surface area contributed by atoms with Gasteiger partial charge in [-0.3, -0.25) is 0 Å². The molecule has 1 fully saturated rings. The van der Waals surface area contributed by atoms with Crippen LogP contribution in [0.4, 0.5) is 0 Å². The predicted octanol–water partition coefficient (Wildman–Crippen LogP) is 1.79. The Kier molecular flexibility index (Phi) is 4.66. The van der Waals surface area contributed by atoms with Gasteiger partial charge in [-0.2, -0.15) is 0 Å². The molecule has 1 aliphatic rings. The molecule has 4 nitrogen and oxygen atoms in total. The van der Waals surface area contributed by atoms with E-state index in [4.69, 9.17) is 10.5 Å². The SMILES string of the molecule is CCC(N)Cc1cc(C)nc(CC2CCCO2)n1. The third-order valence-corrected chi connectivity index (χ3v) is 3.38. The van der Waals surface area contributed by atoms with Crippen LogP contribution in [0, 0.1) is 6.92 Å². The lowest BCUT2D eigenvalue weighted by molar-refractivity contribution is 0.110. The van der Waals surface area contributed by atoms with E-state index in [-0.39, 0.29) is 6.04 Å². The standard InChI is InChI=1S/C14H23N3O/c1-3-11(15)8-12-7-10(2)16-14(17-12)9-13-5-4-6-18-13/h7,11,13H,3-6,8-9,15H2,1-2H3. The van der Waals surface area contributed by atoms with Crippen molar-refractivity contribution in [1.82, 2.24) is 9.97 Å². The molecular formula is C14H23N3O. The molecule has 100 valence electrons. The summed E-state index contributed by atoms with van der Waals surface area (Å²) < 4.78 is 5.63. The van der Waals surface area contributed by atoms with E-state index >= 15 is 0 Å². The minimum Gasteiger partial charge on any atom is -0.378 e. The largest absolute Gasteiger partial charge is 0.378 e. The molecule has 0 aromatic carbocycles. The monoisotopic (exact) mass is 249 g/mol. The van der Waals surface area contributed by atoms with Crippen LogP contribution >= 0.6 is 0 Å². The van der Waals surface area contributed by atoms with Crippen LogP contribution in [0.1, 0.15) is 43.4 Å². The van der Waals surface area contributed by atoms with E-state index in [1.807, 2.05) is 13.0 Å². The molecule has 1 aromatic rings. The molecule has 1 aliphatic heterocycles. The third kappa shape index (κ3) is 3.75. The van der Waals surface area contributed by atoms with Gasteiger partial charge in [0.25, 0.3) is 0 Å². The van der Waals surface area contributed by atoms with Crippen molar-refractivity contribution in [3.05, 3.63) is 23.3 Å². The molecule has 0 amide bonds. The van der Waals surface area contributed by atoms with Crippen LogP contribution in [0.3, 0.4) is 0 Å². The Hall–Kier alpha value is -1.00. The van der Waals surface area contributed by atoms with E-state index < -0.39 is 0 Å². The second kappa shape index (κ2) is 6.25. The van der Waals surface area contributed by atoms with Gasteiger partial charge in [0.1, 0.15) is 5.82 Å². The Morgan fingerprint density at radius 1 is 1.50 bits per heavy atom. The van der Waals surface area contributed by atoms with Gasteiger partial charge < -0.3 is 10.5 Å². The number of rotatable bonds is 5. The lowest BCUT2D eigenvalue weighted by atomic mass is 10.1. The molecule has 1 aromatic heterocycles. The van der Waals surface area contributed by atoms with Crippen molar-refractivity contribution in [2.24, 2.45) is 5.73 Å². The average molecular weight is 249 g/mol. The maximum absolute atomic E-state index is 5.98. The Bertz CT molecular complexity index is 389. The fraction of sp³-hybridized carbons (Fsp3) is 0.714. The highest BCUT2D eigenvalue weighted by Crippen LogP contribution is 2.16. The number of ether oxygens (including phenoxy) is 1. The predicted molar refractivity (Wildman–Crippen MR) is 71.4 cm³/mol. The molecule has 0 spiro atoms. The first-order chi connectivity index (χ1) is 8.67. The second-order valence-corrected chi connectivity index (χ2v) is 5.13. The highest BCUT2D eigenvalue weighted by Gasteiger charge is 2.18. The van der Waals surface area contributed by atoms with Gasteiger partial charge >= 0.3 is 0 Å². The van der Waals surface area contributed by atoms with Gasteiger partial charge in [-0.15, -0.1) is 0 Å². The topological polar surface area (TPSA) is 61.0 Å². The molecule has 0 bridgehead atoms. The molecule has 2 rings (SSSR count). The van der Waals surface area contributed by atoms with Crippen LogP contribution in [0.15, 0.2) is 6.07 Å². The Morgan fingerprint density at radius 2 is 2.33 bits per heavy atom. The first-order valence-corrected chi connectivity index (χ1v) is 6.88. The van der Waals surface area contributed by atoms with E-state index in [1.165, 1.54) is 0 Å². The van der Waals surface area contributed by atoms with Crippen LogP contribution < -0.4 is 5.73 Å². The number of aryl methyl sites for hydroxylation is 1. The Labute approximate surface area is 109 Å². The summed E-state index contributed by atoms with van der Waals surface area (Å²) in [7, 11) is 0. The normalized spacial score (nSPS) is 21.2. The number of hydrogen-bond acceptors (Lipinski definition) is 4. The molecule has 18 heavy (non-hydrogen) atoms. The van der Waals surface area contributed by atoms with Gasteiger partial charge in [0.2, 0.25) is 0 Å². The van der Waals surface area contributed by atoms with Crippen molar-refractivity contribution in [3.8, 4) is 0 Å². The van der Waals surface area contributed by atoms with Crippen LogP contribution in [0.25, 0.3) is 0 Å². The molecule has 0 aliphatic carbocycles. The maximum Gasteiger partial charge on any atom is 0.131 e. The smallest absolute Gasteiger partial charge is 0.131 e. The lowest BCUT2D eigenvalue weighted by Crippen LogP contribution is -2.23. The first kappa shape index (κ1) is 13.4. The number of hydrogen-bond donors (Lipinski definition) is 1. The van der Waals surface area contributed by atoms with Crippen LogP contribution in [0.5, 0.6) is 0 Å². The highest BCUT2D eigenvalue weighted by molar-refractivity contribution is 5.12. The highest BCUT2D eigenvalue weighted by atomic mass is 16.5. The number of aromatic nitrogens is 2. The number of nitrogens with zero attached hydrogens (tertiary/aromatic N) is 2. The Balaban J connectivity index is 2.05. The summed E-state index contributed by atoms with van der Waals surface area (Å²) in [5.74, 6) is 0.903. The van der Waals surface area contributed by atoms with Crippen molar-refractivity contribution in [1.29, 1.82) is 0 Å². The minimum absolute atomic E-state index is 0.190. The van der Waals surface area contributed by atoms with Gasteiger partial charge in [-0.1, -0.05) is 6.92 Å². The molecular weight excluding hydrogens is 226 g/mol. The van der Waals surface area contributed by atoms with E-state index in [0.29, 0.717) is 6.10 Å². The van der Waals surface area contributed by atoms with Crippen LogP contribution in [0.2, 0.25) is 0 Å². The molecule has 2 atom stereocenters. The van der Waals surface area contributed by atoms with Crippen molar-refractivity contribution in [2.45, 2.75) is 58.1 Å². The summed E-state index contributed by atoms with van der Waals surface area (Å²) in [6.45, 7) is 5.00. The van der Waals surface area contributed by atoms with Crippen molar-refractivity contribution in [3.63, 3.8) is 0 Å². The quantitative estimate of drug-likeness (QED) is 0.864. The van der Waals surface area contributed by atoms with Crippen molar-refractivity contribution >= 4 is 0 Å². The van der Waals surface area contributed by atoms with E-state index in [9.17, 15) is 0 Å². The summed E-state index contributed by atoms with van der Waals surface area (Å²) in [6.07, 6.45) is 5.23. The van der Waals surface area contributed by atoms with Gasteiger partial charge in [0.15, 0.2) is 0 Å². The Morgan fingerprint density at radius 3 is 3.00 bits per heavy atom. The van der Waals surface area contributed by atoms with E-state index in [2.05, 4.69) is 16.9 Å². The zero-order valence-corrected chi connectivity index (χ0v) is 11.4. The first-order valence-electron chi connectivity index (χ1n) is 6.88. The maximum atomic E-state index is 5.98. The zero-order chi connectivity index (χ0) is 13.0. The molecule has 2 N–H and O–H groups in total. The van der Waals surface area contributed by atoms with Crippen LogP contribution in [-0.2, 0) is 17.6 Å². The van der Waals surface area contributed by atoms with Gasteiger partial charge in [0.05, 0.1) is 6.10 Å². The van der Waals surface area contributed by atoms with Gasteiger partial charge in [-0.05, 0) is 32.3 Å². The summed E-state index contributed by atoms with van der Waals surface area (Å²) in [5.41, 5.74) is 8.07. The fourth-order valence-electron chi connectivity index (χ4n) is 2.32. The third-order valence-electron chi connectivity index (χ3n) is 3.38. The fourth-order valence-corrected chi connectivity index (χ4v) is 2.32. The molecule has 2 heterocycles. The molecule has 2 unspecified atom stereocenters. The van der Waals surface area contributed by atoms with Gasteiger partial charge in [-0.25, -0.2) is 9.97 Å². The summed E-state index contributed by atoms with van der Waals surface area (Å²) in [4.78, 5) is 9.11. The zero-order valence-electron chi connectivity index (χ0n) is 11.4. The molecule has 0 saturated carbocycles. The minimum atomic E-state index is 0.190. The molecule has 1 saturated heterocycles. The number of nitrogens with two attached hydrogens (primary N) is 1. The summed E-state index contributed by atoms with van der Waals surface area (Å²) in [5, 5.41) is 0.